The summed E-state index contributed by atoms with van der Waals surface area (Å²) in [6.07, 6.45) is 0.0841. The number of benzene rings is 2. The first-order valence-corrected chi connectivity index (χ1v) is 7.14. The molecule has 0 aliphatic rings. The fourth-order valence-electron chi connectivity index (χ4n) is 2.02. The van der Waals surface area contributed by atoms with Crippen LogP contribution in [-0.2, 0) is 0 Å². The molecule has 0 aromatic heterocycles. The summed E-state index contributed by atoms with van der Waals surface area (Å²) in [6, 6.07) is 14.4. The monoisotopic (exact) mass is 284 g/mol. The van der Waals surface area contributed by atoms with Crippen molar-refractivity contribution in [2.24, 2.45) is 0 Å². The summed E-state index contributed by atoms with van der Waals surface area (Å²) in [6.45, 7) is 6.46. The van der Waals surface area contributed by atoms with Crippen LogP contribution < -0.4 is 9.47 Å². The highest BCUT2D eigenvalue weighted by atomic mass is 16.5. The van der Waals surface area contributed by atoms with Gasteiger partial charge in [-0.25, -0.2) is 0 Å². The standard InChI is InChI=1S/C18H20O3/c1-4-20-16-10-8-14(9-11-16)18(19)15-6-5-7-17(12-15)21-13(2)3/h5-13H,4H2,1-3H3. The molecule has 0 unspecified atom stereocenters. The van der Waals surface area contributed by atoms with E-state index in [1.165, 1.54) is 0 Å². The Labute approximate surface area is 125 Å². The van der Waals surface area contributed by atoms with Crippen LogP contribution in [0.5, 0.6) is 11.5 Å². The molecule has 0 aliphatic heterocycles. The van der Waals surface area contributed by atoms with Gasteiger partial charge >= 0.3 is 0 Å². The molecule has 0 radical (unpaired) electrons. The van der Waals surface area contributed by atoms with Crippen molar-refractivity contribution in [1.29, 1.82) is 0 Å². The van der Waals surface area contributed by atoms with Gasteiger partial charge in [-0.2, -0.15) is 0 Å². The second kappa shape index (κ2) is 6.93. The maximum absolute atomic E-state index is 12.5. The highest BCUT2D eigenvalue weighted by Crippen LogP contribution is 2.19. The van der Waals surface area contributed by atoms with Crippen molar-refractivity contribution in [1.82, 2.24) is 0 Å². The first kappa shape index (κ1) is 15.1. The van der Waals surface area contributed by atoms with Gasteiger partial charge in [0.25, 0.3) is 0 Å². The lowest BCUT2D eigenvalue weighted by molar-refractivity contribution is 0.103. The summed E-state index contributed by atoms with van der Waals surface area (Å²) < 4.78 is 11.0. The summed E-state index contributed by atoms with van der Waals surface area (Å²) >= 11 is 0. The van der Waals surface area contributed by atoms with Crippen LogP contribution in [0.15, 0.2) is 48.5 Å². The average Bonchev–Trinajstić information content (AvgIpc) is 2.47. The summed E-state index contributed by atoms with van der Waals surface area (Å²) in [5.74, 6) is 1.46. The Bertz CT molecular complexity index is 600. The van der Waals surface area contributed by atoms with Crippen LogP contribution in [-0.4, -0.2) is 18.5 Å². The smallest absolute Gasteiger partial charge is 0.193 e. The minimum atomic E-state index is -0.0211. The molecule has 0 saturated heterocycles. The van der Waals surface area contributed by atoms with E-state index in [4.69, 9.17) is 9.47 Å². The van der Waals surface area contributed by atoms with E-state index in [-0.39, 0.29) is 11.9 Å². The largest absolute Gasteiger partial charge is 0.494 e. The maximum Gasteiger partial charge on any atom is 0.193 e. The molecule has 110 valence electrons. The van der Waals surface area contributed by atoms with E-state index in [2.05, 4.69) is 0 Å². The predicted octanol–water partition coefficient (Wildman–Crippen LogP) is 4.10. The van der Waals surface area contributed by atoms with Crippen LogP contribution in [0.3, 0.4) is 0 Å². The van der Waals surface area contributed by atoms with Gasteiger partial charge in [0, 0.05) is 11.1 Å². The summed E-state index contributed by atoms with van der Waals surface area (Å²) in [7, 11) is 0. The zero-order chi connectivity index (χ0) is 15.2. The van der Waals surface area contributed by atoms with E-state index in [0.29, 0.717) is 23.5 Å². The second-order valence-electron chi connectivity index (χ2n) is 4.98. The van der Waals surface area contributed by atoms with Crippen molar-refractivity contribution >= 4 is 5.78 Å². The number of hydrogen-bond donors (Lipinski definition) is 0. The molecule has 2 aromatic carbocycles. The number of ketones is 1. The molecule has 0 saturated carbocycles. The number of carbonyl (C=O) groups is 1. The van der Waals surface area contributed by atoms with Crippen molar-refractivity contribution in [3.05, 3.63) is 59.7 Å². The number of ether oxygens (including phenoxy) is 2. The molecule has 0 heterocycles. The molecule has 0 atom stereocenters. The zero-order valence-electron chi connectivity index (χ0n) is 12.6. The Morgan fingerprint density at radius 1 is 1.00 bits per heavy atom. The Morgan fingerprint density at radius 2 is 1.71 bits per heavy atom. The highest BCUT2D eigenvalue weighted by molar-refractivity contribution is 6.09. The van der Waals surface area contributed by atoms with Crippen molar-refractivity contribution in [2.45, 2.75) is 26.9 Å². The van der Waals surface area contributed by atoms with E-state index in [1.54, 1.807) is 24.3 Å². The molecule has 2 aromatic rings. The van der Waals surface area contributed by atoms with E-state index >= 15 is 0 Å². The molecule has 2 rings (SSSR count). The minimum absolute atomic E-state index is 0.0211. The topological polar surface area (TPSA) is 35.5 Å². The zero-order valence-corrected chi connectivity index (χ0v) is 12.6. The molecule has 0 aliphatic carbocycles. The maximum atomic E-state index is 12.5. The van der Waals surface area contributed by atoms with Gasteiger partial charge in [0.2, 0.25) is 0 Å². The fourth-order valence-corrected chi connectivity index (χ4v) is 2.02. The molecule has 3 nitrogen and oxygen atoms in total. The Morgan fingerprint density at radius 3 is 2.33 bits per heavy atom. The van der Waals surface area contributed by atoms with E-state index in [9.17, 15) is 4.79 Å². The molecule has 21 heavy (non-hydrogen) atoms. The van der Waals surface area contributed by atoms with Gasteiger partial charge in [0.15, 0.2) is 5.78 Å². The Balaban J connectivity index is 2.19. The molecule has 0 N–H and O–H groups in total. The quantitative estimate of drug-likeness (QED) is 0.749. The SMILES string of the molecule is CCOc1ccc(C(=O)c2cccc(OC(C)C)c2)cc1. The Kier molecular flexibility index (Phi) is 4.99. The van der Waals surface area contributed by atoms with Crippen LogP contribution in [0.25, 0.3) is 0 Å². The van der Waals surface area contributed by atoms with Crippen molar-refractivity contribution in [3.8, 4) is 11.5 Å². The van der Waals surface area contributed by atoms with Gasteiger partial charge in [-0.15, -0.1) is 0 Å². The van der Waals surface area contributed by atoms with Crippen LogP contribution in [0.4, 0.5) is 0 Å². The van der Waals surface area contributed by atoms with Crippen LogP contribution >= 0.6 is 0 Å². The lowest BCUT2D eigenvalue weighted by Gasteiger charge is -2.10. The highest BCUT2D eigenvalue weighted by Gasteiger charge is 2.10. The third-order valence-corrected chi connectivity index (χ3v) is 2.90. The third kappa shape index (κ3) is 4.09. The van der Waals surface area contributed by atoms with Gasteiger partial charge < -0.3 is 9.47 Å². The molecule has 3 heteroatoms. The molecular weight excluding hydrogens is 264 g/mol. The van der Waals surface area contributed by atoms with E-state index in [1.807, 2.05) is 45.0 Å². The Hall–Kier alpha value is -2.29. The van der Waals surface area contributed by atoms with Crippen molar-refractivity contribution in [2.75, 3.05) is 6.61 Å². The molecule has 0 bridgehead atoms. The normalized spacial score (nSPS) is 10.5. The second-order valence-corrected chi connectivity index (χ2v) is 4.98. The van der Waals surface area contributed by atoms with Gasteiger partial charge in [-0.1, -0.05) is 12.1 Å². The summed E-state index contributed by atoms with van der Waals surface area (Å²) in [5, 5.41) is 0. The molecule has 0 amide bonds. The molecular formula is C18H20O3. The van der Waals surface area contributed by atoms with Gasteiger partial charge in [0.1, 0.15) is 11.5 Å². The van der Waals surface area contributed by atoms with Gasteiger partial charge in [-0.3, -0.25) is 4.79 Å². The number of carbonyl (C=O) groups excluding carboxylic acids is 1. The first-order chi connectivity index (χ1) is 10.1. The van der Waals surface area contributed by atoms with Crippen LogP contribution in [0.2, 0.25) is 0 Å². The third-order valence-electron chi connectivity index (χ3n) is 2.90. The predicted molar refractivity (Wildman–Crippen MR) is 83.2 cm³/mol. The van der Waals surface area contributed by atoms with E-state index < -0.39 is 0 Å². The van der Waals surface area contributed by atoms with Gasteiger partial charge in [-0.05, 0) is 57.2 Å². The fraction of sp³-hybridized carbons (Fsp3) is 0.278. The van der Waals surface area contributed by atoms with Gasteiger partial charge in [0.05, 0.1) is 12.7 Å². The summed E-state index contributed by atoms with van der Waals surface area (Å²) in [5.41, 5.74) is 1.26. The number of hydrogen-bond acceptors (Lipinski definition) is 3. The van der Waals surface area contributed by atoms with Crippen LogP contribution in [0, 0.1) is 0 Å². The minimum Gasteiger partial charge on any atom is -0.494 e. The lowest BCUT2D eigenvalue weighted by atomic mass is 10.0. The first-order valence-electron chi connectivity index (χ1n) is 7.14. The summed E-state index contributed by atoms with van der Waals surface area (Å²) in [4.78, 5) is 12.5. The molecule has 0 spiro atoms. The van der Waals surface area contributed by atoms with E-state index in [0.717, 1.165) is 5.75 Å². The lowest BCUT2D eigenvalue weighted by Crippen LogP contribution is -2.07. The van der Waals surface area contributed by atoms with Crippen LogP contribution in [0.1, 0.15) is 36.7 Å². The average molecular weight is 284 g/mol. The number of rotatable bonds is 6. The van der Waals surface area contributed by atoms with Crippen molar-refractivity contribution in [3.63, 3.8) is 0 Å². The van der Waals surface area contributed by atoms with Crippen molar-refractivity contribution < 1.29 is 14.3 Å². The molecule has 0 fully saturated rings.